The molecule has 0 saturated heterocycles. The highest BCUT2D eigenvalue weighted by molar-refractivity contribution is 5.49. The highest BCUT2D eigenvalue weighted by atomic mass is 16.6. The van der Waals surface area contributed by atoms with Gasteiger partial charge in [0.2, 0.25) is 0 Å². The van der Waals surface area contributed by atoms with Crippen molar-refractivity contribution in [2.24, 2.45) is 0 Å². The molecule has 2 aromatic carbocycles. The maximum atomic E-state index is 10.8. The number of nitrogens with zero attached hydrogens (tertiary/aromatic N) is 2. The van der Waals surface area contributed by atoms with E-state index in [9.17, 15) is 10.1 Å². The highest BCUT2D eigenvalue weighted by Crippen LogP contribution is 2.29. The van der Waals surface area contributed by atoms with Crippen molar-refractivity contribution in [1.82, 2.24) is 0 Å². The quantitative estimate of drug-likeness (QED) is 0.680. The van der Waals surface area contributed by atoms with E-state index in [4.69, 9.17) is 15.1 Å². The minimum atomic E-state index is -0.571. The summed E-state index contributed by atoms with van der Waals surface area (Å²) in [7, 11) is 0. The van der Waals surface area contributed by atoms with Gasteiger partial charge in [0.05, 0.1) is 22.7 Å². The van der Waals surface area contributed by atoms with Crippen LogP contribution in [0.25, 0.3) is 0 Å². The molecule has 0 aliphatic carbocycles. The number of ether oxygens (including phenoxy) is 1. The molecular formula is C14H10N2O4. The number of nitro groups is 1. The predicted molar refractivity (Wildman–Crippen MR) is 70.3 cm³/mol. The van der Waals surface area contributed by atoms with Gasteiger partial charge in [-0.15, -0.1) is 0 Å². The molecule has 0 spiro atoms. The first-order chi connectivity index (χ1) is 9.65. The Balaban J connectivity index is 2.35. The Morgan fingerprint density at radius 3 is 2.70 bits per heavy atom. The van der Waals surface area contributed by atoms with Crippen molar-refractivity contribution in [3.8, 4) is 17.6 Å². The van der Waals surface area contributed by atoms with Crippen LogP contribution in [0.3, 0.4) is 0 Å². The summed E-state index contributed by atoms with van der Waals surface area (Å²) in [6.45, 7) is -0.465. The molecule has 0 amide bonds. The Hall–Kier alpha value is -2.91. The van der Waals surface area contributed by atoms with E-state index < -0.39 is 11.5 Å². The zero-order chi connectivity index (χ0) is 14.5. The molecular weight excluding hydrogens is 260 g/mol. The SMILES string of the molecule is N#Cc1ccccc1Oc1ccc([N+](=O)[O-])c(CO)c1. The smallest absolute Gasteiger partial charge is 0.275 e. The average molecular weight is 270 g/mol. The molecule has 20 heavy (non-hydrogen) atoms. The Morgan fingerprint density at radius 2 is 2.05 bits per heavy atom. The van der Waals surface area contributed by atoms with Crippen molar-refractivity contribution in [2.45, 2.75) is 6.61 Å². The van der Waals surface area contributed by atoms with E-state index in [1.165, 1.54) is 18.2 Å². The van der Waals surface area contributed by atoms with E-state index in [1.807, 2.05) is 6.07 Å². The fourth-order valence-corrected chi connectivity index (χ4v) is 1.71. The largest absolute Gasteiger partial charge is 0.456 e. The lowest BCUT2D eigenvalue weighted by atomic mass is 10.1. The zero-order valence-corrected chi connectivity index (χ0v) is 10.3. The fraction of sp³-hybridized carbons (Fsp3) is 0.0714. The van der Waals surface area contributed by atoms with Crippen molar-refractivity contribution in [3.05, 3.63) is 63.7 Å². The van der Waals surface area contributed by atoms with Crippen molar-refractivity contribution >= 4 is 5.69 Å². The van der Waals surface area contributed by atoms with Crippen LogP contribution in [0.4, 0.5) is 5.69 Å². The number of aliphatic hydroxyl groups excluding tert-OH is 1. The number of nitriles is 1. The molecule has 0 atom stereocenters. The van der Waals surface area contributed by atoms with Crippen molar-refractivity contribution in [3.63, 3.8) is 0 Å². The zero-order valence-electron chi connectivity index (χ0n) is 10.3. The summed E-state index contributed by atoms with van der Waals surface area (Å²) in [5, 5.41) is 28.9. The molecule has 0 heterocycles. The minimum Gasteiger partial charge on any atom is -0.456 e. The van der Waals surface area contributed by atoms with Crippen LogP contribution in [0, 0.1) is 21.4 Å². The number of aliphatic hydroxyl groups is 1. The van der Waals surface area contributed by atoms with Crippen molar-refractivity contribution in [1.29, 1.82) is 5.26 Å². The molecule has 0 fully saturated rings. The number of hydrogen-bond donors (Lipinski definition) is 1. The van der Waals surface area contributed by atoms with Crippen LogP contribution in [0.5, 0.6) is 11.5 Å². The molecule has 6 nitrogen and oxygen atoms in total. The number of rotatable bonds is 4. The van der Waals surface area contributed by atoms with Crippen LogP contribution in [0.1, 0.15) is 11.1 Å². The van der Waals surface area contributed by atoms with Crippen molar-refractivity contribution < 1.29 is 14.8 Å². The molecule has 0 bridgehead atoms. The van der Waals surface area contributed by atoms with Crippen LogP contribution >= 0.6 is 0 Å². The van der Waals surface area contributed by atoms with Crippen LogP contribution in [-0.4, -0.2) is 10.0 Å². The number of para-hydroxylation sites is 1. The molecule has 0 saturated carbocycles. The first-order valence-corrected chi connectivity index (χ1v) is 5.71. The van der Waals surface area contributed by atoms with Gasteiger partial charge in [0.25, 0.3) is 5.69 Å². The van der Waals surface area contributed by atoms with Gasteiger partial charge in [-0.2, -0.15) is 5.26 Å². The first-order valence-electron chi connectivity index (χ1n) is 5.71. The second-order valence-corrected chi connectivity index (χ2v) is 3.92. The molecule has 2 aromatic rings. The van der Waals surface area contributed by atoms with E-state index in [0.29, 0.717) is 17.1 Å². The van der Waals surface area contributed by atoms with Crippen LogP contribution in [0.2, 0.25) is 0 Å². The van der Waals surface area contributed by atoms with Crippen LogP contribution in [0.15, 0.2) is 42.5 Å². The maximum absolute atomic E-state index is 10.8. The maximum Gasteiger partial charge on any atom is 0.275 e. The molecule has 0 radical (unpaired) electrons. The van der Waals surface area contributed by atoms with E-state index >= 15 is 0 Å². The van der Waals surface area contributed by atoms with Gasteiger partial charge in [-0.25, -0.2) is 0 Å². The van der Waals surface area contributed by atoms with Crippen molar-refractivity contribution in [2.75, 3.05) is 0 Å². The highest BCUT2D eigenvalue weighted by Gasteiger charge is 2.14. The van der Waals surface area contributed by atoms with Gasteiger partial charge in [0.15, 0.2) is 0 Å². The van der Waals surface area contributed by atoms with Gasteiger partial charge in [-0.3, -0.25) is 10.1 Å². The lowest BCUT2D eigenvalue weighted by molar-refractivity contribution is -0.385. The summed E-state index contributed by atoms with van der Waals surface area (Å²) in [5.74, 6) is 0.676. The monoisotopic (exact) mass is 270 g/mol. The Morgan fingerprint density at radius 1 is 1.30 bits per heavy atom. The molecule has 6 heteroatoms. The molecule has 1 N–H and O–H groups in total. The summed E-state index contributed by atoms with van der Waals surface area (Å²) in [5.41, 5.74) is 0.340. The molecule has 100 valence electrons. The summed E-state index contributed by atoms with van der Waals surface area (Å²) in [6, 6.07) is 12.7. The second-order valence-electron chi connectivity index (χ2n) is 3.92. The standard InChI is InChI=1S/C14H10N2O4/c15-8-10-3-1-2-4-14(10)20-12-5-6-13(16(18)19)11(7-12)9-17/h1-7,17H,9H2. The first kappa shape index (κ1) is 13.5. The molecule has 0 aromatic heterocycles. The summed E-state index contributed by atoms with van der Waals surface area (Å²) in [6.07, 6.45) is 0. The van der Waals surface area contributed by atoms with Gasteiger partial charge in [-0.1, -0.05) is 12.1 Å². The van der Waals surface area contributed by atoms with E-state index in [2.05, 4.69) is 0 Å². The second kappa shape index (κ2) is 5.82. The Kier molecular flexibility index (Phi) is 3.93. The van der Waals surface area contributed by atoms with Crippen LogP contribution in [-0.2, 0) is 6.61 Å². The average Bonchev–Trinajstić information content (AvgIpc) is 2.47. The van der Waals surface area contributed by atoms with Gasteiger partial charge >= 0.3 is 0 Å². The van der Waals surface area contributed by atoms with E-state index in [0.717, 1.165) is 0 Å². The Bertz CT molecular complexity index is 692. The summed E-state index contributed by atoms with van der Waals surface area (Å²) < 4.78 is 5.52. The fourth-order valence-electron chi connectivity index (χ4n) is 1.71. The van der Waals surface area contributed by atoms with E-state index in [1.54, 1.807) is 24.3 Å². The number of hydrogen-bond acceptors (Lipinski definition) is 5. The van der Waals surface area contributed by atoms with Gasteiger partial charge in [0, 0.05) is 6.07 Å². The summed E-state index contributed by atoms with van der Waals surface area (Å²) >= 11 is 0. The Labute approximate surface area is 114 Å². The van der Waals surface area contributed by atoms with Gasteiger partial charge in [0.1, 0.15) is 17.6 Å². The molecule has 2 rings (SSSR count). The molecule has 0 aliphatic rings. The van der Waals surface area contributed by atoms with Gasteiger partial charge in [-0.05, 0) is 24.3 Å². The third-order valence-electron chi connectivity index (χ3n) is 2.65. The summed E-state index contributed by atoms with van der Waals surface area (Å²) in [4.78, 5) is 10.2. The number of nitro benzene ring substituents is 1. The normalized spacial score (nSPS) is 9.80. The predicted octanol–water partition coefficient (Wildman–Crippen LogP) is 2.75. The van der Waals surface area contributed by atoms with E-state index in [-0.39, 0.29) is 11.3 Å². The lowest BCUT2D eigenvalue weighted by Crippen LogP contribution is -1.96. The lowest BCUT2D eigenvalue weighted by Gasteiger charge is -2.08. The topological polar surface area (TPSA) is 96.4 Å². The van der Waals surface area contributed by atoms with Gasteiger partial charge < -0.3 is 9.84 Å². The van der Waals surface area contributed by atoms with Crippen LogP contribution < -0.4 is 4.74 Å². The molecule has 0 unspecified atom stereocenters. The third-order valence-corrected chi connectivity index (χ3v) is 2.65. The molecule has 0 aliphatic heterocycles. The third kappa shape index (κ3) is 2.74. The number of benzene rings is 2. The minimum absolute atomic E-state index is 0.155.